The van der Waals surface area contributed by atoms with E-state index >= 15 is 4.39 Å². The summed E-state index contributed by atoms with van der Waals surface area (Å²) in [5.74, 6) is -3.14. The van der Waals surface area contributed by atoms with Gasteiger partial charge in [0, 0.05) is 5.39 Å². The zero-order valence-corrected chi connectivity index (χ0v) is 20.9. The molecule has 3 aromatic carbocycles. The molecule has 0 radical (unpaired) electrons. The quantitative estimate of drug-likeness (QED) is 0.254. The van der Waals surface area contributed by atoms with Gasteiger partial charge in [0.25, 0.3) is 0 Å². The summed E-state index contributed by atoms with van der Waals surface area (Å²) in [6, 6.07) is 10.8. The molecule has 3 aromatic rings. The van der Waals surface area contributed by atoms with Gasteiger partial charge in [0.2, 0.25) is 5.75 Å². The highest BCUT2D eigenvalue weighted by atomic mass is 19.4. The molecule has 0 saturated heterocycles. The van der Waals surface area contributed by atoms with Gasteiger partial charge in [-0.3, -0.25) is 0 Å². The van der Waals surface area contributed by atoms with Crippen LogP contribution in [0.3, 0.4) is 0 Å². The van der Waals surface area contributed by atoms with E-state index in [1.165, 1.54) is 44.1 Å². The summed E-state index contributed by atoms with van der Waals surface area (Å²) >= 11 is 0. The first-order chi connectivity index (χ1) is 17.6. The molecule has 0 unspecified atom stereocenters. The van der Waals surface area contributed by atoms with E-state index in [-0.39, 0.29) is 18.4 Å². The number of halogens is 6. The smallest absolute Gasteiger partial charge is 0.399 e. The molecular weight excluding hydrogens is 490 g/mol. The largest absolute Gasteiger partial charge is 0.573 e. The fraction of sp³-hybridized carbons (Fsp3) is 0.467. The third-order valence-electron chi connectivity index (χ3n) is 7.56. The van der Waals surface area contributed by atoms with E-state index in [1.807, 2.05) is 18.2 Å². The zero-order chi connectivity index (χ0) is 26.6. The van der Waals surface area contributed by atoms with Gasteiger partial charge in [-0.15, -0.1) is 13.2 Å². The lowest BCUT2D eigenvalue weighted by Gasteiger charge is -2.28. The minimum atomic E-state index is -5.20. The Morgan fingerprint density at radius 1 is 0.757 bits per heavy atom. The Morgan fingerprint density at radius 2 is 1.41 bits per heavy atom. The Kier molecular flexibility index (Phi) is 8.71. The van der Waals surface area contributed by atoms with E-state index in [9.17, 15) is 22.0 Å². The van der Waals surface area contributed by atoms with Crippen LogP contribution in [-0.2, 0) is 19.3 Å². The molecule has 1 nitrogen and oxygen atoms in total. The lowest BCUT2D eigenvalue weighted by Crippen LogP contribution is -2.19. The van der Waals surface area contributed by atoms with Crippen LogP contribution in [0, 0.1) is 29.3 Å². The molecule has 0 atom stereocenters. The maximum atomic E-state index is 15.2. The molecular formula is C30H32F6O. The zero-order valence-electron chi connectivity index (χ0n) is 20.9. The Morgan fingerprint density at radius 3 is 2.03 bits per heavy atom. The lowest BCUT2D eigenvalue weighted by molar-refractivity contribution is -0.276. The Hall–Kier alpha value is -2.70. The maximum Gasteiger partial charge on any atom is 0.573 e. The number of hydrogen-bond donors (Lipinski definition) is 0. The van der Waals surface area contributed by atoms with E-state index in [4.69, 9.17) is 0 Å². The number of rotatable bonds is 9. The highest BCUT2D eigenvalue weighted by molar-refractivity contribution is 5.84. The molecule has 0 N–H and O–H groups in total. The van der Waals surface area contributed by atoms with E-state index in [1.54, 1.807) is 12.1 Å². The van der Waals surface area contributed by atoms with Crippen LogP contribution >= 0.6 is 0 Å². The molecule has 0 aromatic heterocycles. The Labute approximate surface area is 213 Å². The Bertz CT molecular complexity index is 1190. The van der Waals surface area contributed by atoms with Crippen molar-refractivity contribution in [3.63, 3.8) is 0 Å². The van der Waals surface area contributed by atoms with Crippen LogP contribution in [0.15, 0.2) is 42.5 Å². The van der Waals surface area contributed by atoms with Gasteiger partial charge < -0.3 is 4.74 Å². The second-order valence-electron chi connectivity index (χ2n) is 10.2. The van der Waals surface area contributed by atoms with E-state index in [0.717, 1.165) is 42.2 Å². The molecule has 0 bridgehead atoms. The molecule has 1 saturated carbocycles. The number of aryl methyl sites for hydroxylation is 3. The van der Waals surface area contributed by atoms with Crippen molar-refractivity contribution in [2.24, 2.45) is 11.8 Å². The van der Waals surface area contributed by atoms with Gasteiger partial charge in [-0.25, -0.2) is 13.2 Å². The predicted octanol–water partition coefficient (Wildman–Crippen LogP) is 9.48. The van der Waals surface area contributed by atoms with Crippen LogP contribution in [0.5, 0.6) is 5.75 Å². The Balaban J connectivity index is 1.38. The molecule has 4 rings (SSSR count). The normalized spacial score (nSPS) is 18.4. The van der Waals surface area contributed by atoms with Crippen molar-refractivity contribution in [3.05, 3.63) is 76.6 Å². The first-order valence-electron chi connectivity index (χ1n) is 13.1. The summed E-state index contributed by atoms with van der Waals surface area (Å²) in [4.78, 5) is 0. The van der Waals surface area contributed by atoms with Gasteiger partial charge in [0.1, 0.15) is 5.82 Å². The van der Waals surface area contributed by atoms with Gasteiger partial charge in [0.15, 0.2) is 11.6 Å². The van der Waals surface area contributed by atoms with Crippen LogP contribution < -0.4 is 4.74 Å². The fourth-order valence-electron chi connectivity index (χ4n) is 5.57. The van der Waals surface area contributed by atoms with Crippen LogP contribution in [0.1, 0.15) is 68.6 Å². The maximum absolute atomic E-state index is 15.2. The molecule has 37 heavy (non-hydrogen) atoms. The summed E-state index contributed by atoms with van der Waals surface area (Å²) < 4.78 is 83.6. The lowest BCUT2D eigenvalue weighted by atomic mass is 9.78. The predicted molar refractivity (Wildman–Crippen MR) is 133 cm³/mol. The number of fused-ring (bicyclic) bond motifs is 1. The van der Waals surface area contributed by atoms with Crippen molar-refractivity contribution in [2.45, 2.75) is 77.5 Å². The van der Waals surface area contributed by atoms with Crippen molar-refractivity contribution in [1.29, 1.82) is 0 Å². The SMILES string of the molecule is CCCC1CCC(CCc2ccc3c(F)c(CCc4cc(F)c(OC(F)(F)F)c(F)c4)ccc3c2)CC1. The summed E-state index contributed by atoms with van der Waals surface area (Å²) in [7, 11) is 0. The van der Waals surface area contributed by atoms with Gasteiger partial charge in [-0.1, -0.05) is 75.8 Å². The highest BCUT2D eigenvalue weighted by Gasteiger charge is 2.34. The number of benzene rings is 3. The van der Waals surface area contributed by atoms with E-state index < -0.39 is 29.6 Å². The monoisotopic (exact) mass is 522 g/mol. The van der Waals surface area contributed by atoms with Crippen molar-refractivity contribution in [1.82, 2.24) is 0 Å². The molecule has 0 aliphatic heterocycles. The van der Waals surface area contributed by atoms with Gasteiger partial charge in [-0.2, -0.15) is 0 Å². The number of hydrogen-bond acceptors (Lipinski definition) is 1. The van der Waals surface area contributed by atoms with E-state index in [0.29, 0.717) is 10.9 Å². The molecule has 7 heteroatoms. The van der Waals surface area contributed by atoms with Gasteiger partial charge in [-0.05, 0) is 71.7 Å². The van der Waals surface area contributed by atoms with E-state index in [2.05, 4.69) is 11.7 Å². The highest BCUT2D eigenvalue weighted by Crippen LogP contribution is 2.34. The first kappa shape index (κ1) is 27.3. The molecule has 200 valence electrons. The topological polar surface area (TPSA) is 9.23 Å². The fourth-order valence-corrected chi connectivity index (χ4v) is 5.57. The van der Waals surface area contributed by atoms with Gasteiger partial charge in [0.05, 0.1) is 0 Å². The third kappa shape index (κ3) is 7.20. The molecule has 1 aliphatic carbocycles. The standard InChI is InChI=1S/C30H32F6O/c1-2-3-19-4-6-20(7-5-19)8-9-21-11-15-25-24(16-21)14-13-23(28(25)33)12-10-22-17-26(31)29(27(32)18-22)37-30(34,35)36/h11,13-20H,2-10,12H2,1H3. The molecule has 0 spiro atoms. The molecule has 1 fully saturated rings. The average molecular weight is 523 g/mol. The van der Waals surface area contributed by atoms with Crippen molar-refractivity contribution in [3.8, 4) is 5.75 Å². The summed E-state index contributed by atoms with van der Waals surface area (Å²) in [5.41, 5.74) is 1.67. The summed E-state index contributed by atoms with van der Waals surface area (Å²) in [6.07, 6.45) is 4.94. The van der Waals surface area contributed by atoms with Crippen molar-refractivity contribution in [2.75, 3.05) is 0 Å². The number of ether oxygens (including phenoxy) is 1. The number of alkyl halides is 3. The van der Waals surface area contributed by atoms with Crippen LogP contribution in [0.2, 0.25) is 0 Å². The first-order valence-corrected chi connectivity index (χ1v) is 13.1. The molecule has 0 heterocycles. The van der Waals surface area contributed by atoms with Crippen molar-refractivity contribution < 1.29 is 31.1 Å². The summed E-state index contributed by atoms with van der Waals surface area (Å²) in [5, 5.41) is 1.28. The molecule has 0 amide bonds. The van der Waals surface area contributed by atoms with Gasteiger partial charge >= 0.3 is 6.36 Å². The minimum absolute atomic E-state index is 0.0567. The average Bonchev–Trinajstić information content (AvgIpc) is 2.85. The minimum Gasteiger partial charge on any atom is -0.399 e. The van der Waals surface area contributed by atoms with Crippen molar-refractivity contribution >= 4 is 10.8 Å². The van der Waals surface area contributed by atoms with Crippen LogP contribution in [0.25, 0.3) is 10.8 Å². The molecule has 1 aliphatic rings. The third-order valence-corrected chi connectivity index (χ3v) is 7.56. The summed E-state index contributed by atoms with van der Waals surface area (Å²) in [6.45, 7) is 2.25. The second kappa shape index (κ2) is 11.8. The van der Waals surface area contributed by atoms with Crippen LogP contribution in [-0.4, -0.2) is 6.36 Å². The van der Waals surface area contributed by atoms with Crippen LogP contribution in [0.4, 0.5) is 26.3 Å². The second-order valence-corrected chi connectivity index (χ2v) is 10.2.